The minimum Gasteiger partial charge on any atom is -0.414 e. The topological polar surface area (TPSA) is 108 Å². The number of hydrogen-bond acceptors (Lipinski definition) is 6. The van der Waals surface area contributed by atoms with Gasteiger partial charge in [0, 0.05) is 12.6 Å². The molecule has 0 aromatic carbocycles. The molecule has 2 aliphatic heterocycles. The molecule has 10 heteroatoms. The zero-order valence-electron chi connectivity index (χ0n) is 22.3. The minimum absolute atomic E-state index is 0.0308. The number of carbonyl (C=O) groups is 1. The molecular formula is C24H40N4O4Si2. The molecule has 0 aliphatic carbocycles. The molecule has 2 rings (SSSR count). The van der Waals surface area contributed by atoms with Crippen molar-refractivity contribution in [2.24, 2.45) is 0 Å². The van der Waals surface area contributed by atoms with Crippen molar-refractivity contribution < 1.29 is 18.4 Å². The van der Waals surface area contributed by atoms with Crippen molar-refractivity contribution in [1.29, 1.82) is 10.5 Å². The van der Waals surface area contributed by atoms with Crippen LogP contribution in [0.1, 0.15) is 48.0 Å². The summed E-state index contributed by atoms with van der Waals surface area (Å²) in [4.78, 5) is 14.3. The fourth-order valence-electron chi connectivity index (χ4n) is 3.17. The van der Waals surface area contributed by atoms with Crippen molar-refractivity contribution in [1.82, 2.24) is 10.2 Å². The summed E-state index contributed by atoms with van der Waals surface area (Å²) in [6, 6.07) is 3.15. The predicted molar refractivity (Wildman–Crippen MR) is 136 cm³/mol. The number of amides is 2. The van der Waals surface area contributed by atoms with E-state index in [1.807, 2.05) is 0 Å². The van der Waals surface area contributed by atoms with Gasteiger partial charge in [0.2, 0.25) is 0 Å². The van der Waals surface area contributed by atoms with Crippen LogP contribution in [0.4, 0.5) is 4.79 Å². The van der Waals surface area contributed by atoms with Crippen molar-refractivity contribution in [3.8, 4) is 12.1 Å². The van der Waals surface area contributed by atoms with Gasteiger partial charge in [-0.15, -0.1) is 0 Å². The van der Waals surface area contributed by atoms with Crippen LogP contribution in [-0.2, 0) is 13.6 Å². The summed E-state index contributed by atoms with van der Waals surface area (Å²) in [5, 5.41) is 20.9. The molecule has 8 nitrogen and oxygen atoms in total. The number of nitriles is 2. The highest BCUT2D eigenvalue weighted by atomic mass is 28.4. The van der Waals surface area contributed by atoms with E-state index in [9.17, 15) is 4.79 Å². The van der Waals surface area contributed by atoms with E-state index in [1.165, 1.54) is 4.90 Å². The number of rotatable bonds is 6. The summed E-state index contributed by atoms with van der Waals surface area (Å²) < 4.78 is 19.6. The Balaban J connectivity index is 2.28. The summed E-state index contributed by atoms with van der Waals surface area (Å²) in [6.07, 6.45) is 2.58. The van der Waals surface area contributed by atoms with Gasteiger partial charge < -0.3 is 18.9 Å². The van der Waals surface area contributed by atoms with Crippen molar-refractivity contribution >= 4 is 22.7 Å². The molecule has 3 atom stereocenters. The Morgan fingerprint density at radius 3 is 2.15 bits per heavy atom. The number of nitrogens with zero attached hydrogens (tertiary/aromatic N) is 3. The van der Waals surface area contributed by atoms with Gasteiger partial charge in [-0.25, -0.2) is 4.79 Å². The zero-order valence-corrected chi connectivity index (χ0v) is 24.3. The first-order valence-electron chi connectivity index (χ1n) is 11.7. The molecule has 0 spiro atoms. The fourth-order valence-corrected chi connectivity index (χ4v) is 5.54. The van der Waals surface area contributed by atoms with Crippen LogP contribution in [-0.4, -0.2) is 52.6 Å². The normalized spacial score (nSPS) is 24.0. The van der Waals surface area contributed by atoms with E-state index in [1.54, 1.807) is 24.4 Å². The second-order valence-electron chi connectivity index (χ2n) is 12.0. The minimum atomic E-state index is -2.10. The van der Waals surface area contributed by atoms with Crippen LogP contribution < -0.4 is 5.32 Å². The van der Waals surface area contributed by atoms with Crippen LogP contribution in [0.25, 0.3) is 0 Å². The van der Waals surface area contributed by atoms with Gasteiger partial charge in [-0.2, -0.15) is 10.5 Å². The van der Waals surface area contributed by atoms with Crippen LogP contribution in [0.3, 0.4) is 0 Å². The van der Waals surface area contributed by atoms with E-state index >= 15 is 0 Å². The van der Waals surface area contributed by atoms with Gasteiger partial charge in [0.25, 0.3) is 0 Å². The van der Waals surface area contributed by atoms with Gasteiger partial charge in [-0.05, 0) is 42.3 Å². The molecule has 2 amide bonds. The lowest BCUT2D eigenvalue weighted by Crippen LogP contribution is -2.48. The predicted octanol–water partition coefficient (Wildman–Crippen LogP) is 5.35. The third-order valence-electron chi connectivity index (χ3n) is 7.53. The third kappa shape index (κ3) is 6.18. The molecule has 0 unspecified atom stereocenters. The Morgan fingerprint density at radius 2 is 1.68 bits per heavy atom. The summed E-state index contributed by atoms with van der Waals surface area (Å²) in [5.74, 6) is 0. The SMILES string of the molecule is CC(C)(C)[Si](C)(C)OC[C@H]1O[C@@H](N2C=CC(=C(C#N)C#N)NC2=O)C[C@@H]1O[Si](C)(C)C(C)(C)C. The van der Waals surface area contributed by atoms with Gasteiger partial charge in [-0.1, -0.05) is 41.5 Å². The molecule has 0 bridgehead atoms. The Morgan fingerprint density at radius 1 is 1.12 bits per heavy atom. The molecule has 34 heavy (non-hydrogen) atoms. The van der Waals surface area contributed by atoms with Gasteiger partial charge in [0.15, 0.2) is 22.2 Å². The monoisotopic (exact) mass is 504 g/mol. The Labute approximate surface area is 206 Å². The second-order valence-corrected chi connectivity index (χ2v) is 21.6. The van der Waals surface area contributed by atoms with Gasteiger partial charge in [-0.3, -0.25) is 4.90 Å². The van der Waals surface area contributed by atoms with Crippen LogP contribution in [0, 0.1) is 22.7 Å². The highest BCUT2D eigenvalue weighted by Gasteiger charge is 2.48. The summed E-state index contributed by atoms with van der Waals surface area (Å²) in [7, 11) is -4.10. The largest absolute Gasteiger partial charge is 0.414 e. The lowest BCUT2D eigenvalue weighted by Gasteiger charge is -2.40. The fraction of sp³-hybridized carbons (Fsp3) is 0.708. The van der Waals surface area contributed by atoms with Gasteiger partial charge in [0.1, 0.15) is 24.5 Å². The molecule has 0 saturated carbocycles. The molecule has 1 fully saturated rings. The summed E-state index contributed by atoms with van der Waals surface area (Å²) >= 11 is 0. The number of allylic oxidation sites excluding steroid dienone is 2. The highest BCUT2D eigenvalue weighted by Crippen LogP contribution is 2.41. The van der Waals surface area contributed by atoms with E-state index < -0.39 is 28.9 Å². The quantitative estimate of drug-likeness (QED) is 0.386. The lowest BCUT2D eigenvalue weighted by molar-refractivity contribution is -0.0494. The summed E-state index contributed by atoms with van der Waals surface area (Å²) in [5.41, 5.74) is 0.0486. The second kappa shape index (κ2) is 9.96. The number of carbonyl (C=O) groups excluding carboxylic acids is 1. The Hall–Kier alpha value is -1.96. The molecular weight excluding hydrogens is 464 g/mol. The highest BCUT2D eigenvalue weighted by molar-refractivity contribution is 6.74. The number of ether oxygens (including phenoxy) is 1. The van der Waals surface area contributed by atoms with E-state index in [4.69, 9.17) is 24.1 Å². The third-order valence-corrected chi connectivity index (χ3v) is 16.5. The molecule has 2 heterocycles. The first-order chi connectivity index (χ1) is 15.4. The van der Waals surface area contributed by atoms with Crippen LogP contribution in [0.2, 0.25) is 36.3 Å². The molecule has 0 radical (unpaired) electrons. The van der Waals surface area contributed by atoms with Crippen LogP contribution >= 0.6 is 0 Å². The molecule has 2 aliphatic rings. The van der Waals surface area contributed by atoms with E-state index in [-0.39, 0.29) is 33.6 Å². The van der Waals surface area contributed by atoms with Crippen molar-refractivity contribution in [3.05, 3.63) is 23.5 Å². The maximum atomic E-state index is 12.8. The zero-order chi connectivity index (χ0) is 26.1. The van der Waals surface area contributed by atoms with Gasteiger partial charge in [0.05, 0.1) is 18.4 Å². The first-order valence-corrected chi connectivity index (χ1v) is 17.5. The molecule has 0 aromatic rings. The smallest absolute Gasteiger partial charge is 0.328 e. The summed E-state index contributed by atoms with van der Waals surface area (Å²) in [6.45, 7) is 22.4. The number of nitrogens with one attached hydrogen (secondary N) is 1. The molecule has 1 N–H and O–H groups in total. The maximum Gasteiger partial charge on any atom is 0.328 e. The maximum absolute atomic E-state index is 12.8. The molecule has 188 valence electrons. The molecule has 1 saturated heterocycles. The number of urea groups is 1. The first kappa shape index (κ1) is 28.3. The van der Waals surface area contributed by atoms with Crippen molar-refractivity contribution in [2.45, 2.75) is 103 Å². The Kier molecular flexibility index (Phi) is 8.28. The van der Waals surface area contributed by atoms with Crippen LogP contribution in [0.5, 0.6) is 0 Å². The van der Waals surface area contributed by atoms with Crippen molar-refractivity contribution in [3.63, 3.8) is 0 Å². The van der Waals surface area contributed by atoms with Gasteiger partial charge >= 0.3 is 6.03 Å². The number of hydrogen-bond donors (Lipinski definition) is 1. The van der Waals surface area contributed by atoms with E-state index in [0.29, 0.717) is 13.0 Å². The van der Waals surface area contributed by atoms with Crippen molar-refractivity contribution in [2.75, 3.05) is 6.61 Å². The molecule has 0 aromatic heterocycles. The standard InChI is InChI=1S/C24H40N4O4Si2/c1-23(2,3)33(7,8)30-16-20-19(32-34(9,10)24(4,5)6)13-21(31-20)28-12-11-18(27-22(28)29)17(14-25)15-26/h11-12,19-21H,13,16H2,1-10H3,(H,27,29)/t19-,20+,21+/m0/s1. The average molecular weight is 505 g/mol. The average Bonchev–Trinajstić information content (AvgIpc) is 3.07. The Bertz CT molecular complexity index is 917. The van der Waals surface area contributed by atoms with Crippen LogP contribution in [0.15, 0.2) is 23.5 Å². The van der Waals surface area contributed by atoms with E-state index in [0.717, 1.165) is 0 Å². The lowest BCUT2D eigenvalue weighted by atomic mass is 10.2. The van der Waals surface area contributed by atoms with E-state index in [2.05, 4.69) is 73.0 Å².